The summed E-state index contributed by atoms with van der Waals surface area (Å²) >= 11 is 0. The summed E-state index contributed by atoms with van der Waals surface area (Å²) in [5, 5.41) is 0. The summed E-state index contributed by atoms with van der Waals surface area (Å²) in [6.07, 6.45) is 3.30. The molecule has 1 amide bonds. The van der Waals surface area contributed by atoms with Gasteiger partial charge in [0.25, 0.3) is 0 Å². The molecule has 0 radical (unpaired) electrons. The number of halogens is 1. The monoisotopic (exact) mass is 293 g/mol. The van der Waals surface area contributed by atoms with Crippen LogP contribution >= 0.6 is 0 Å². The van der Waals surface area contributed by atoms with E-state index in [1.54, 1.807) is 4.90 Å². The third-order valence-electron chi connectivity index (χ3n) is 3.05. The van der Waals surface area contributed by atoms with Crippen molar-refractivity contribution >= 4 is 17.4 Å². The molecule has 5 nitrogen and oxygen atoms in total. The van der Waals surface area contributed by atoms with Gasteiger partial charge in [-0.3, -0.25) is 4.98 Å². The van der Waals surface area contributed by atoms with Crippen LogP contribution in [0, 0.1) is 5.82 Å². The zero-order valence-electron chi connectivity index (χ0n) is 12.5. The highest BCUT2D eigenvalue weighted by molar-refractivity contribution is 5.75. The lowest BCUT2D eigenvalue weighted by Gasteiger charge is -2.29. The van der Waals surface area contributed by atoms with E-state index in [2.05, 4.69) is 4.98 Å². The number of pyridine rings is 1. The maximum absolute atomic E-state index is 13.0. The highest BCUT2D eigenvalue weighted by atomic mass is 19.1. The third kappa shape index (κ3) is 3.93. The molecular weight excluding hydrogens is 273 g/mol. The molecule has 2 heterocycles. The van der Waals surface area contributed by atoms with Crippen molar-refractivity contribution in [3.63, 3.8) is 0 Å². The summed E-state index contributed by atoms with van der Waals surface area (Å²) in [4.78, 5) is 17.6. The molecule has 2 rings (SSSR count). The molecule has 0 atom stereocenters. The van der Waals surface area contributed by atoms with E-state index < -0.39 is 11.4 Å². The maximum atomic E-state index is 13.0. The van der Waals surface area contributed by atoms with Crippen molar-refractivity contribution in [1.82, 2.24) is 9.88 Å². The van der Waals surface area contributed by atoms with Gasteiger partial charge < -0.3 is 15.4 Å². The molecule has 0 aliphatic carbocycles. The fourth-order valence-corrected chi connectivity index (χ4v) is 2.10. The number of rotatable bonds is 1. The highest BCUT2D eigenvalue weighted by Crippen LogP contribution is 2.26. The SMILES string of the molecule is CC(C)(C)OC(=O)N1CC=C(c2ncc(F)cc2N)CC1. The first-order chi connectivity index (χ1) is 9.76. The standard InChI is InChI=1S/C15H20FN3O2/c1-15(2,3)21-14(20)19-6-4-10(5-7-19)13-12(17)8-11(16)9-18-13/h4,8-9H,5-7,17H2,1-3H3. The fourth-order valence-electron chi connectivity index (χ4n) is 2.10. The second kappa shape index (κ2) is 5.71. The molecule has 1 aliphatic rings. The molecule has 2 N–H and O–H groups in total. The number of carbonyl (C=O) groups is 1. The predicted octanol–water partition coefficient (Wildman–Crippen LogP) is 2.83. The van der Waals surface area contributed by atoms with E-state index in [0.717, 1.165) is 11.8 Å². The molecule has 21 heavy (non-hydrogen) atoms. The molecule has 0 saturated heterocycles. The van der Waals surface area contributed by atoms with Crippen molar-refractivity contribution in [2.24, 2.45) is 0 Å². The van der Waals surface area contributed by atoms with Gasteiger partial charge in [0.05, 0.1) is 17.6 Å². The number of carbonyl (C=O) groups excluding carboxylic acids is 1. The van der Waals surface area contributed by atoms with Crippen molar-refractivity contribution in [3.8, 4) is 0 Å². The number of nitrogens with zero attached hydrogens (tertiary/aromatic N) is 2. The number of nitrogen functional groups attached to an aromatic ring is 1. The Morgan fingerprint density at radius 1 is 1.48 bits per heavy atom. The molecular formula is C15H20FN3O2. The second-order valence-electron chi connectivity index (χ2n) is 6.00. The fraction of sp³-hybridized carbons (Fsp3) is 0.467. The van der Waals surface area contributed by atoms with E-state index in [1.165, 1.54) is 6.07 Å². The first-order valence-corrected chi connectivity index (χ1v) is 6.84. The summed E-state index contributed by atoms with van der Waals surface area (Å²) < 4.78 is 18.3. The average Bonchev–Trinajstić information content (AvgIpc) is 2.37. The summed E-state index contributed by atoms with van der Waals surface area (Å²) in [5.41, 5.74) is 7.09. The van der Waals surface area contributed by atoms with E-state index in [-0.39, 0.29) is 6.09 Å². The number of hydrogen-bond acceptors (Lipinski definition) is 4. The van der Waals surface area contributed by atoms with Gasteiger partial charge in [-0.05, 0) is 32.8 Å². The van der Waals surface area contributed by atoms with Crippen LogP contribution in [0.5, 0.6) is 0 Å². The molecule has 6 heteroatoms. The van der Waals surface area contributed by atoms with Gasteiger partial charge >= 0.3 is 6.09 Å². The van der Waals surface area contributed by atoms with Gasteiger partial charge in [-0.25, -0.2) is 9.18 Å². The van der Waals surface area contributed by atoms with Gasteiger partial charge in [-0.2, -0.15) is 0 Å². The zero-order chi connectivity index (χ0) is 15.6. The molecule has 1 aliphatic heterocycles. The molecule has 0 unspecified atom stereocenters. The Balaban J connectivity index is 2.07. The van der Waals surface area contributed by atoms with Crippen LogP contribution in [0.1, 0.15) is 32.9 Å². The van der Waals surface area contributed by atoms with Crippen molar-refractivity contribution < 1.29 is 13.9 Å². The Morgan fingerprint density at radius 3 is 2.71 bits per heavy atom. The number of ether oxygens (including phenoxy) is 1. The minimum absolute atomic E-state index is 0.312. The van der Waals surface area contributed by atoms with E-state index in [1.807, 2.05) is 26.8 Å². The Bertz CT molecular complexity index is 579. The van der Waals surface area contributed by atoms with Gasteiger partial charge in [0.2, 0.25) is 0 Å². The number of anilines is 1. The molecule has 0 aromatic carbocycles. The Labute approximate surface area is 123 Å². The summed E-state index contributed by atoms with van der Waals surface area (Å²) in [5.74, 6) is -0.456. The molecule has 1 aromatic rings. The minimum Gasteiger partial charge on any atom is -0.444 e. The van der Waals surface area contributed by atoms with Crippen LogP contribution < -0.4 is 5.73 Å². The lowest BCUT2D eigenvalue weighted by molar-refractivity contribution is 0.0270. The number of nitrogens with two attached hydrogens (primary N) is 1. The molecule has 0 bridgehead atoms. The van der Waals surface area contributed by atoms with Crippen LogP contribution in [0.4, 0.5) is 14.9 Å². The first kappa shape index (κ1) is 15.3. The zero-order valence-corrected chi connectivity index (χ0v) is 12.5. The average molecular weight is 293 g/mol. The van der Waals surface area contributed by atoms with Crippen LogP contribution in [0.25, 0.3) is 5.57 Å². The Kier molecular flexibility index (Phi) is 4.16. The van der Waals surface area contributed by atoms with Gasteiger partial charge in [0.1, 0.15) is 11.4 Å². The Hall–Kier alpha value is -2.11. The van der Waals surface area contributed by atoms with Crippen molar-refractivity contribution in [2.45, 2.75) is 32.8 Å². The molecule has 0 saturated carbocycles. The summed E-state index contributed by atoms with van der Waals surface area (Å²) in [6.45, 7) is 6.46. The smallest absolute Gasteiger partial charge is 0.410 e. The van der Waals surface area contributed by atoms with Gasteiger partial charge in [-0.1, -0.05) is 6.08 Å². The van der Waals surface area contributed by atoms with Crippen molar-refractivity contribution in [3.05, 3.63) is 29.9 Å². The minimum atomic E-state index is -0.510. The molecule has 0 fully saturated rings. The van der Waals surface area contributed by atoms with Gasteiger partial charge in [0.15, 0.2) is 0 Å². The van der Waals surface area contributed by atoms with Crippen LogP contribution in [-0.4, -0.2) is 34.7 Å². The van der Waals surface area contributed by atoms with Crippen LogP contribution in [0.15, 0.2) is 18.3 Å². The van der Waals surface area contributed by atoms with E-state index in [4.69, 9.17) is 10.5 Å². The summed E-state index contributed by atoms with van der Waals surface area (Å²) in [7, 11) is 0. The van der Waals surface area contributed by atoms with Crippen molar-refractivity contribution in [2.75, 3.05) is 18.8 Å². The van der Waals surface area contributed by atoms with E-state index in [0.29, 0.717) is 30.9 Å². The van der Waals surface area contributed by atoms with E-state index >= 15 is 0 Å². The van der Waals surface area contributed by atoms with Crippen LogP contribution in [0.2, 0.25) is 0 Å². The molecule has 114 valence electrons. The normalized spacial score (nSPS) is 15.6. The van der Waals surface area contributed by atoms with Crippen molar-refractivity contribution in [1.29, 1.82) is 0 Å². The quantitative estimate of drug-likeness (QED) is 0.864. The van der Waals surface area contributed by atoms with Crippen LogP contribution in [-0.2, 0) is 4.74 Å². The summed E-state index contributed by atoms with van der Waals surface area (Å²) in [6, 6.07) is 1.25. The topological polar surface area (TPSA) is 68.5 Å². The van der Waals surface area contributed by atoms with Gasteiger partial charge in [0, 0.05) is 19.2 Å². The number of hydrogen-bond donors (Lipinski definition) is 1. The predicted molar refractivity (Wildman–Crippen MR) is 79.0 cm³/mol. The van der Waals surface area contributed by atoms with Crippen LogP contribution in [0.3, 0.4) is 0 Å². The first-order valence-electron chi connectivity index (χ1n) is 6.84. The largest absolute Gasteiger partial charge is 0.444 e. The van der Waals surface area contributed by atoms with E-state index in [9.17, 15) is 9.18 Å². The molecule has 1 aromatic heterocycles. The molecule has 0 spiro atoms. The number of aromatic nitrogens is 1. The highest BCUT2D eigenvalue weighted by Gasteiger charge is 2.24. The third-order valence-corrected chi connectivity index (χ3v) is 3.05. The lowest BCUT2D eigenvalue weighted by Crippen LogP contribution is -2.39. The maximum Gasteiger partial charge on any atom is 0.410 e. The number of amides is 1. The second-order valence-corrected chi connectivity index (χ2v) is 6.00. The lowest BCUT2D eigenvalue weighted by atomic mass is 10.0. The van der Waals surface area contributed by atoms with Gasteiger partial charge in [-0.15, -0.1) is 0 Å². The Morgan fingerprint density at radius 2 is 2.19 bits per heavy atom.